The largest absolute Gasteiger partial charge is 0.497 e. The van der Waals surface area contributed by atoms with Crippen molar-refractivity contribution in [3.05, 3.63) is 18.2 Å². The van der Waals surface area contributed by atoms with Crippen molar-refractivity contribution in [2.24, 2.45) is 5.92 Å². The predicted molar refractivity (Wildman–Crippen MR) is 78.8 cm³/mol. The molecule has 1 aliphatic heterocycles. The Morgan fingerprint density at radius 2 is 1.82 bits per heavy atom. The summed E-state index contributed by atoms with van der Waals surface area (Å²) in [6.07, 6.45) is -3.29. The summed E-state index contributed by atoms with van der Waals surface area (Å²) in [5, 5.41) is 2.48. The Morgan fingerprint density at radius 3 is 2.36 bits per heavy atom. The molecule has 1 atom stereocenters. The number of hydrogen-bond donors (Lipinski definition) is 1. The van der Waals surface area contributed by atoms with Crippen LogP contribution in [0.15, 0.2) is 18.2 Å². The zero-order valence-corrected chi connectivity index (χ0v) is 12.7. The van der Waals surface area contributed by atoms with Gasteiger partial charge in [0.05, 0.1) is 20.8 Å². The molecule has 4 nitrogen and oxygen atoms in total. The second-order valence-electron chi connectivity index (χ2n) is 5.42. The van der Waals surface area contributed by atoms with E-state index in [1.54, 1.807) is 20.3 Å². The third-order valence-corrected chi connectivity index (χ3v) is 3.75. The van der Waals surface area contributed by atoms with Gasteiger partial charge in [-0.3, -0.25) is 0 Å². The molecule has 7 heteroatoms. The van der Waals surface area contributed by atoms with Crippen LogP contribution >= 0.6 is 0 Å². The molecule has 0 amide bonds. The van der Waals surface area contributed by atoms with Gasteiger partial charge in [0.15, 0.2) is 0 Å². The molecule has 1 unspecified atom stereocenters. The van der Waals surface area contributed by atoms with Gasteiger partial charge in [-0.2, -0.15) is 13.2 Å². The number of benzene rings is 1. The van der Waals surface area contributed by atoms with Gasteiger partial charge in [0.2, 0.25) is 0 Å². The lowest BCUT2D eigenvalue weighted by molar-refractivity contribution is -0.125. The average molecular weight is 318 g/mol. The monoisotopic (exact) mass is 318 g/mol. The lowest BCUT2D eigenvalue weighted by Crippen LogP contribution is -2.33. The fourth-order valence-corrected chi connectivity index (χ4v) is 2.63. The van der Waals surface area contributed by atoms with Crippen molar-refractivity contribution >= 4 is 5.69 Å². The van der Waals surface area contributed by atoms with Gasteiger partial charge >= 0.3 is 6.18 Å². The maximum atomic E-state index is 12.1. The molecular formula is C15H21F3N2O2. The van der Waals surface area contributed by atoms with Crippen molar-refractivity contribution in [3.8, 4) is 11.5 Å². The predicted octanol–water partition coefficient (Wildman–Crippen LogP) is 2.68. The topological polar surface area (TPSA) is 33.7 Å². The average Bonchev–Trinajstić information content (AvgIpc) is 2.94. The molecule has 0 spiro atoms. The molecule has 1 heterocycles. The van der Waals surface area contributed by atoms with Gasteiger partial charge in [0, 0.05) is 43.5 Å². The highest BCUT2D eigenvalue weighted by Crippen LogP contribution is 2.31. The summed E-state index contributed by atoms with van der Waals surface area (Å²) in [5.74, 6) is 1.61. The third-order valence-electron chi connectivity index (χ3n) is 3.75. The first kappa shape index (κ1) is 16.7. The number of alkyl halides is 3. The van der Waals surface area contributed by atoms with E-state index in [1.807, 2.05) is 12.1 Å². The van der Waals surface area contributed by atoms with Crippen LogP contribution in [0.1, 0.15) is 6.42 Å². The van der Waals surface area contributed by atoms with Crippen LogP contribution in [0.4, 0.5) is 18.9 Å². The first-order chi connectivity index (χ1) is 10.4. The number of anilines is 1. The quantitative estimate of drug-likeness (QED) is 0.874. The lowest BCUT2D eigenvalue weighted by atomic mass is 10.1. The van der Waals surface area contributed by atoms with Crippen LogP contribution in [0.25, 0.3) is 0 Å². The van der Waals surface area contributed by atoms with E-state index in [0.29, 0.717) is 18.0 Å². The van der Waals surface area contributed by atoms with E-state index in [9.17, 15) is 13.2 Å². The van der Waals surface area contributed by atoms with Gasteiger partial charge < -0.3 is 19.7 Å². The normalized spacial score (nSPS) is 18.6. The molecule has 1 fully saturated rings. The molecule has 2 rings (SSSR count). The highest BCUT2D eigenvalue weighted by atomic mass is 19.4. The summed E-state index contributed by atoms with van der Waals surface area (Å²) in [6.45, 7) is 0.976. The Morgan fingerprint density at radius 1 is 1.18 bits per heavy atom. The van der Waals surface area contributed by atoms with Crippen LogP contribution in [-0.2, 0) is 0 Å². The molecule has 0 aromatic heterocycles. The lowest BCUT2D eigenvalue weighted by Gasteiger charge is -2.20. The van der Waals surface area contributed by atoms with E-state index in [0.717, 1.165) is 25.2 Å². The number of ether oxygens (including phenoxy) is 2. The summed E-state index contributed by atoms with van der Waals surface area (Å²) in [5.41, 5.74) is 0.967. The third kappa shape index (κ3) is 4.69. The SMILES string of the molecule is COc1cc(OC)cc(N2CCC(CNCC(F)(F)F)C2)c1. The summed E-state index contributed by atoms with van der Waals surface area (Å²) < 4.78 is 46.9. The standard InChI is InChI=1S/C15H21F3N2O2/c1-21-13-5-12(6-14(7-13)22-2)20-4-3-11(9-20)8-19-10-15(16,17)18/h5-7,11,19H,3-4,8-10H2,1-2H3. The number of nitrogens with zero attached hydrogens (tertiary/aromatic N) is 1. The first-order valence-electron chi connectivity index (χ1n) is 7.17. The summed E-state index contributed by atoms with van der Waals surface area (Å²) in [4.78, 5) is 2.14. The van der Waals surface area contributed by atoms with Gasteiger partial charge in [-0.25, -0.2) is 0 Å². The van der Waals surface area contributed by atoms with Crippen molar-refractivity contribution in [2.45, 2.75) is 12.6 Å². The van der Waals surface area contributed by atoms with Crippen LogP contribution < -0.4 is 19.7 Å². The van der Waals surface area contributed by atoms with E-state index in [1.165, 1.54) is 0 Å². The Labute approximate surface area is 128 Å². The Balaban J connectivity index is 1.92. The molecule has 0 bridgehead atoms. The van der Waals surface area contributed by atoms with Gasteiger partial charge in [0.1, 0.15) is 11.5 Å². The van der Waals surface area contributed by atoms with Gasteiger partial charge in [-0.1, -0.05) is 0 Å². The number of hydrogen-bond acceptors (Lipinski definition) is 4. The Hall–Kier alpha value is -1.63. The second-order valence-corrected chi connectivity index (χ2v) is 5.42. The number of rotatable bonds is 6. The number of methoxy groups -OCH3 is 2. The van der Waals surface area contributed by atoms with E-state index in [4.69, 9.17) is 9.47 Å². The highest BCUT2D eigenvalue weighted by Gasteiger charge is 2.28. The van der Waals surface area contributed by atoms with E-state index < -0.39 is 12.7 Å². The Kier molecular flexibility index (Phi) is 5.39. The molecule has 1 saturated heterocycles. The van der Waals surface area contributed by atoms with Crippen molar-refractivity contribution in [1.29, 1.82) is 0 Å². The summed E-state index contributed by atoms with van der Waals surface area (Å²) in [6, 6.07) is 5.62. The van der Waals surface area contributed by atoms with Gasteiger partial charge in [-0.05, 0) is 12.3 Å². The number of halogens is 3. The van der Waals surface area contributed by atoms with Crippen molar-refractivity contribution in [3.63, 3.8) is 0 Å². The summed E-state index contributed by atoms with van der Waals surface area (Å²) >= 11 is 0. The molecule has 22 heavy (non-hydrogen) atoms. The smallest absolute Gasteiger partial charge is 0.401 e. The van der Waals surface area contributed by atoms with Crippen LogP contribution in [0.2, 0.25) is 0 Å². The zero-order chi connectivity index (χ0) is 16.2. The molecule has 1 aliphatic rings. The maximum Gasteiger partial charge on any atom is 0.401 e. The fourth-order valence-electron chi connectivity index (χ4n) is 2.63. The molecule has 124 valence electrons. The fraction of sp³-hybridized carbons (Fsp3) is 0.600. The minimum Gasteiger partial charge on any atom is -0.497 e. The summed E-state index contributed by atoms with van der Waals surface area (Å²) in [7, 11) is 3.18. The van der Waals surface area contributed by atoms with Crippen LogP contribution in [0.5, 0.6) is 11.5 Å². The van der Waals surface area contributed by atoms with E-state index in [-0.39, 0.29) is 5.92 Å². The first-order valence-corrected chi connectivity index (χ1v) is 7.17. The molecule has 1 aromatic carbocycles. The van der Waals surface area contributed by atoms with Crippen molar-refractivity contribution in [1.82, 2.24) is 5.32 Å². The van der Waals surface area contributed by atoms with E-state index in [2.05, 4.69) is 10.2 Å². The van der Waals surface area contributed by atoms with E-state index >= 15 is 0 Å². The van der Waals surface area contributed by atoms with Crippen molar-refractivity contribution in [2.75, 3.05) is 45.3 Å². The molecule has 0 aliphatic carbocycles. The zero-order valence-electron chi connectivity index (χ0n) is 12.7. The van der Waals surface area contributed by atoms with Crippen LogP contribution in [0.3, 0.4) is 0 Å². The maximum absolute atomic E-state index is 12.1. The Bertz CT molecular complexity index is 472. The van der Waals surface area contributed by atoms with Gasteiger partial charge in [-0.15, -0.1) is 0 Å². The minimum absolute atomic E-state index is 0.208. The molecule has 1 N–H and O–H groups in total. The van der Waals surface area contributed by atoms with Crippen LogP contribution in [0, 0.1) is 5.92 Å². The van der Waals surface area contributed by atoms with Gasteiger partial charge in [0.25, 0.3) is 0 Å². The molecule has 0 radical (unpaired) electrons. The number of nitrogens with one attached hydrogen (secondary N) is 1. The van der Waals surface area contributed by atoms with Crippen LogP contribution in [-0.4, -0.2) is 46.6 Å². The van der Waals surface area contributed by atoms with Crippen molar-refractivity contribution < 1.29 is 22.6 Å². The minimum atomic E-state index is -4.15. The molecule has 0 saturated carbocycles. The second kappa shape index (κ2) is 7.09. The molecule has 1 aromatic rings. The highest BCUT2D eigenvalue weighted by molar-refractivity contribution is 5.56. The molecular weight excluding hydrogens is 297 g/mol.